The Morgan fingerprint density at radius 3 is 2.79 bits per heavy atom. The lowest BCUT2D eigenvalue weighted by Gasteiger charge is -2.19. The Morgan fingerprint density at radius 2 is 2.00 bits per heavy atom. The molecule has 0 bridgehead atoms. The van der Waals surface area contributed by atoms with Crippen LogP contribution in [0.4, 0.5) is 0 Å². The van der Waals surface area contributed by atoms with E-state index >= 15 is 0 Å². The van der Waals surface area contributed by atoms with Gasteiger partial charge in [0.1, 0.15) is 13.2 Å². The van der Waals surface area contributed by atoms with Gasteiger partial charge in [0, 0.05) is 18.2 Å². The van der Waals surface area contributed by atoms with Crippen LogP contribution in [0.25, 0.3) is 11.3 Å². The minimum Gasteiger partial charge on any atom is -0.486 e. The average molecular weight is 259 g/mol. The predicted molar refractivity (Wildman–Crippen MR) is 69.2 cm³/mol. The first kappa shape index (κ1) is 11.7. The second-order valence-electron chi connectivity index (χ2n) is 4.17. The van der Waals surface area contributed by atoms with E-state index in [9.17, 15) is 4.79 Å². The quantitative estimate of drug-likeness (QED) is 0.827. The standard InChI is InChI=1S/C13H13N3O3/c14-7-9-6-12(17)15-16-13(9)8-1-2-10-11(5-8)19-4-3-18-10/h1-2,5-6H,3-4,7,14H2,(H,15,17). The molecule has 98 valence electrons. The SMILES string of the molecule is NCc1cc(=O)[nH]nc1-c1ccc2c(c1)OCCO2. The highest BCUT2D eigenvalue weighted by molar-refractivity contribution is 5.66. The van der Waals surface area contributed by atoms with E-state index in [0.29, 0.717) is 36.0 Å². The number of H-pyrrole nitrogens is 1. The highest BCUT2D eigenvalue weighted by Gasteiger charge is 2.14. The third kappa shape index (κ3) is 2.17. The highest BCUT2D eigenvalue weighted by Crippen LogP contribution is 2.34. The molecule has 3 N–H and O–H groups in total. The Hall–Kier alpha value is -2.34. The molecular formula is C13H13N3O3. The Labute approximate surface area is 109 Å². The molecule has 0 atom stereocenters. The number of rotatable bonds is 2. The lowest BCUT2D eigenvalue weighted by molar-refractivity contribution is 0.171. The number of nitrogens with one attached hydrogen (secondary N) is 1. The molecule has 0 unspecified atom stereocenters. The molecule has 0 spiro atoms. The van der Waals surface area contributed by atoms with Crippen LogP contribution >= 0.6 is 0 Å². The van der Waals surface area contributed by atoms with Crippen molar-refractivity contribution in [2.75, 3.05) is 13.2 Å². The van der Waals surface area contributed by atoms with Crippen molar-refractivity contribution in [3.63, 3.8) is 0 Å². The molecule has 3 rings (SSSR count). The highest BCUT2D eigenvalue weighted by atomic mass is 16.6. The first-order valence-corrected chi connectivity index (χ1v) is 5.96. The van der Waals surface area contributed by atoms with Crippen LogP contribution in [-0.4, -0.2) is 23.4 Å². The van der Waals surface area contributed by atoms with Crippen molar-refractivity contribution in [1.82, 2.24) is 10.2 Å². The Kier molecular flexibility index (Phi) is 2.92. The molecule has 0 aliphatic carbocycles. The molecule has 0 amide bonds. The molecule has 1 aromatic carbocycles. The molecule has 0 fully saturated rings. The average Bonchev–Trinajstić information content (AvgIpc) is 2.46. The van der Waals surface area contributed by atoms with Crippen molar-refractivity contribution >= 4 is 0 Å². The van der Waals surface area contributed by atoms with Crippen LogP contribution in [0.2, 0.25) is 0 Å². The van der Waals surface area contributed by atoms with E-state index in [2.05, 4.69) is 10.2 Å². The van der Waals surface area contributed by atoms with E-state index in [-0.39, 0.29) is 12.1 Å². The van der Waals surface area contributed by atoms with Gasteiger partial charge in [-0.3, -0.25) is 4.79 Å². The fraction of sp³-hybridized carbons (Fsp3) is 0.231. The van der Waals surface area contributed by atoms with E-state index in [1.165, 1.54) is 6.07 Å². The molecule has 2 heterocycles. The number of benzene rings is 1. The fourth-order valence-corrected chi connectivity index (χ4v) is 2.04. The van der Waals surface area contributed by atoms with Crippen LogP contribution in [-0.2, 0) is 6.54 Å². The number of hydrogen-bond donors (Lipinski definition) is 2. The van der Waals surface area contributed by atoms with Crippen molar-refractivity contribution in [2.24, 2.45) is 5.73 Å². The van der Waals surface area contributed by atoms with E-state index in [4.69, 9.17) is 15.2 Å². The third-order valence-electron chi connectivity index (χ3n) is 2.92. The monoisotopic (exact) mass is 259 g/mol. The van der Waals surface area contributed by atoms with Crippen LogP contribution < -0.4 is 20.8 Å². The second kappa shape index (κ2) is 4.74. The van der Waals surface area contributed by atoms with Crippen molar-refractivity contribution in [2.45, 2.75) is 6.54 Å². The number of hydrogen-bond acceptors (Lipinski definition) is 5. The first-order chi connectivity index (χ1) is 9.28. The van der Waals surface area contributed by atoms with Gasteiger partial charge in [-0.15, -0.1) is 0 Å². The minimum absolute atomic E-state index is 0.251. The van der Waals surface area contributed by atoms with Gasteiger partial charge >= 0.3 is 0 Å². The van der Waals surface area contributed by atoms with E-state index in [0.717, 1.165) is 5.56 Å². The van der Waals surface area contributed by atoms with E-state index in [1.807, 2.05) is 18.2 Å². The van der Waals surface area contributed by atoms with E-state index < -0.39 is 0 Å². The topological polar surface area (TPSA) is 90.2 Å². The molecule has 6 heteroatoms. The molecule has 0 radical (unpaired) electrons. The van der Waals surface area contributed by atoms with E-state index in [1.54, 1.807) is 0 Å². The number of nitrogens with two attached hydrogens (primary N) is 1. The van der Waals surface area contributed by atoms with Gasteiger partial charge in [0.2, 0.25) is 0 Å². The zero-order valence-corrected chi connectivity index (χ0v) is 10.2. The van der Waals surface area contributed by atoms with Gasteiger partial charge in [-0.25, -0.2) is 5.10 Å². The normalized spacial score (nSPS) is 13.3. The van der Waals surface area contributed by atoms with Crippen LogP contribution in [0.5, 0.6) is 11.5 Å². The van der Waals surface area contributed by atoms with Crippen molar-refractivity contribution in [3.8, 4) is 22.8 Å². The molecule has 19 heavy (non-hydrogen) atoms. The summed E-state index contributed by atoms with van der Waals surface area (Å²) < 4.78 is 11.0. The lowest BCUT2D eigenvalue weighted by atomic mass is 10.1. The van der Waals surface area contributed by atoms with Crippen LogP contribution in [0.15, 0.2) is 29.1 Å². The number of aromatic amines is 1. The van der Waals surface area contributed by atoms with Gasteiger partial charge in [0.05, 0.1) is 5.69 Å². The van der Waals surface area contributed by atoms with Gasteiger partial charge in [-0.05, 0) is 23.8 Å². The van der Waals surface area contributed by atoms with Crippen LogP contribution in [0, 0.1) is 0 Å². The molecular weight excluding hydrogens is 246 g/mol. The summed E-state index contributed by atoms with van der Waals surface area (Å²) in [7, 11) is 0. The minimum atomic E-state index is -0.262. The van der Waals surface area contributed by atoms with Crippen molar-refractivity contribution < 1.29 is 9.47 Å². The molecule has 1 aliphatic rings. The summed E-state index contributed by atoms with van der Waals surface area (Å²) in [6.07, 6.45) is 0. The second-order valence-corrected chi connectivity index (χ2v) is 4.17. The van der Waals surface area contributed by atoms with Gasteiger partial charge in [0.15, 0.2) is 11.5 Å². The molecule has 0 saturated carbocycles. The Morgan fingerprint density at radius 1 is 1.21 bits per heavy atom. The predicted octanol–water partition coefficient (Wildman–Crippen LogP) is 0.667. The van der Waals surface area contributed by atoms with Gasteiger partial charge < -0.3 is 15.2 Å². The first-order valence-electron chi connectivity index (χ1n) is 5.96. The molecule has 2 aromatic rings. The maximum atomic E-state index is 11.2. The van der Waals surface area contributed by atoms with Crippen molar-refractivity contribution in [1.29, 1.82) is 0 Å². The number of fused-ring (bicyclic) bond motifs is 1. The summed E-state index contributed by atoms with van der Waals surface area (Å²) in [5.74, 6) is 1.40. The summed E-state index contributed by atoms with van der Waals surface area (Å²) in [6.45, 7) is 1.33. The third-order valence-corrected chi connectivity index (χ3v) is 2.92. The fourth-order valence-electron chi connectivity index (χ4n) is 2.04. The van der Waals surface area contributed by atoms with Gasteiger partial charge in [0.25, 0.3) is 5.56 Å². The number of ether oxygens (including phenoxy) is 2. The van der Waals surface area contributed by atoms with Crippen molar-refractivity contribution in [3.05, 3.63) is 40.2 Å². The molecule has 6 nitrogen and oxygen atoms in total. The zero-order chi connectivity index (χ0) is 13.2. The van der Waals surface area contributed by atoms with Crippen LogP contribution in [0.3, 0.4) is 0 Å². The number of aromatic nitrogens is 2. The Balaban J connectivity index is 2.09. The Bertz CT molecular complexity index is 666. The summed E-state index contributed by atoms with van der Waals surface area (Å²) in [6, 6.07) is 7.00. The molecule has 1 aliphatic heterocycles. The summed E-state index contributed by atoms with van der Waals surface area (Å²) in [5, 5.41) is 6.47. The summed E-state index contributed by atoms with van der Waals surface area (Å²) in [4.78, 5) is 11.2. The number of nitrogens with zero attached hydrogens (tertiary/aromatic N) is 1. The van der Waals surface area contributed by atoms with Gasteiger partial charge in [-0.2, -0.15) is 5.10 Å². The molecule has 1 aromatic heterocycles. The molecule has 0 saturated heterocycles. The summed E-state index contributed by atoms with van der Waals surface area (Å²) in [5.41, 5.74) is 7.56. The summed E-state index contributed by atoms with van der Waals surface area (Å²) >= 11 is 0. The maximum Gasteiger partial charge on any atom is 0.264 e. The maximum absolute atomic E-state index is 11.2. The largest absolute Gasteiger partial charge is 0.486 e. The zero-order valence-electron chi connectivity index (χ0n) is 10.2. The van der Waals surface area contributed by atoms with Crippen LogP contribution in [0.1, 0.15) is 5.56 Å². The smallest absolute Gasteiger partial charge is 0.264 e. The van der Waals surface area contributed by atoms with Gasteiger partial charge in [-0.1, -0.05) is 0 Å². The lowest BCUT2D eigenvalue weighted by Crippen LogP contribution is -2.15.